The van der Waals surface area contributed by atoms with Crippen LogP contribution in [0.2, 0.25) is 0 Å². The van der Waals surface area contributed by atoms with Crippen molar-refractivity contribution in [3.05, 3.63) is 71.3 Å². The van der Waals surface area contributed by atoms with E-state index in [-0.39, 0.29) is 41.4 Å². The Morgan fingerprint density at radius 3 is 2.38 bits per heavy atom. The highest BCUT2D eigenvalue weighted by Crippen LogP contribution is 2.30. The van der Waals surface area contributed by atoms with Crippen LogP contribution in [0, 0.1) is 0 Å². The molecular formula is C25H29N2O4S+. The topological polar surface area (TPSA) is 97.5 Å². The molecule has 1 saturated heterocycles. The monoisotopic (exact) mass is 453 g/mol. The molecule has 2 aromatic carbocycles. The number of likely N-dealkylation sites (tertiary alicyclic amines) is 1. The van der Waals surface area contributed by atoms with Crippen molar-refractivity contribution in [2.75, 3.05) is 6.54 Å². The van der Waals surface area contributed by atoms with Gasteiger partial charge in [-0.15, -0.1) is 0 Å². The van der Waals surface area contributed by atoms with E-state index in [0.29, 0.717) is 28.2 Å². The van der Waals surface area contributed by atoms with Gasteiger partial charge in [0.05, 0.1) is 12.6 Å². The summed E-state index contributed by atoms with van der Waals surface area (Å²) in [6.07, 6.45) is 1.18. The van der Waals surface area contributed by atoms with Crippen LogP contribution in [0.25, 0.3) is 0 Å². The molecule has 2 aromatic rings. The lowest BCUT2D eigenvalue weighted by molar-refractivity contribution is -0.776. The molecule has 1 unspecified atom stereocenters. The summed E-state index contributed by atoms with van der Waals surface area (Å²) in [6, 6.07) is 15.2. The van der Waals surface area contributed by atoms with Gasteiger partial charge < -0.3 is 10.8 Å². The van der Waals surface area contributed by atoms with Gasteiger partial charge in [0.15, 0.2) is 10.8 Å². The molecule has 0 aromatic heterocycles. The SMILES string of the molecule is C[C@@H]1CCC[N+]1(C(=O)O)C(=S)CCC(=O)[C@@H](N)Cc1ccccc1C(=O)c1ccccc1. The molecule has 1 heterocycles. The first-order valence-corrected chi connectivity index (χ1v) is 11.3. The van der Waals surface area contributed by atoms with Gasteiger partial charge in [-0.25, -0.2) is 0 Å². The lowest BCUT2D eigenvalue weighted by atomic mass is 9.92. The van der Waals surface area contributed by atoms with E-state index in [2.05, 4.69) is 0 Å². The summed E-state index contributed by atoms with van der Waals surface area (Å²) in [5.41, 5.74) is 8.01. The van der Waals surface area contributed by atoms with Crippen LogP contribution < -0.4 is 5.73 Å². The molecule has 3 rings (SSSR count). The van der Waals surface area contributed by atoms with Crippen LogP contribution in [0.1, 0.15) is 54.1 Å². The Labute approximate surface area is 193 Å². The van der Waals surface area contributed by atoms with Gasteiger partial charge in [-0.3, -0.25) is 9.59 Å². The maximum Gasteiger partial charge on any atom is 0.519 e. The lowest BCUT2D eigenvalue weighted by Crippen LogP contribution is -2.57. The van der Waals surface area contributed by atoms with Crippen LogP contribution >= 0.6 is 12.2 Å². The van der Waals surface area contributed by atoms with Crippen molar-refractivity contribution in [2.45, 2.75) is 51.1 Å². The molecule has 1 aliphatic heterocycles. The van der Waals surface area contributed by atoms with Gasteiger partial charge >= 0.3 is 6.09 Å². The molecule has 0 spiro atoms. The standard InChI is InChI=1S/C25H28N2O4S/c1-17-8-7-15-27(17,25(30)31)23(32)14-13-22(28)21(26)16-19-11-5-6-12-20(19)24(29)18-9-3-2-4-10-18/h2-6,9-12,17,21H,7-8,13-16,26H2,1H3/p+1/t17-,21+,27?/m1/s1. The van der Waals surface area contributed by atoms with E-state index < -0.39 is 12.1 Å². The van der Waals surface area contributed by atoms with Gasteiger partial charge in [-0.05, 0) is 31.1 Å². The molecule has 6 nitrogen and oxygen atoms in total. The van der Waals surface area contributed by atoms with E-state index in [1.807, 2.05) is 37.3 Å². The third-order valence-corrected chi connectivity index (χ3v) is 6.94. The zero-order valence-electron chi connectivity index (χ0n) is 18.2. The predicted octanol–water partition coefficient (Wildman–Crippen LogP) is 4.14. The van der Waals surface area contributed by atoms with E-state index in [9.17, 15) is 19.5 Å². The smallest absolute Gasteiger partial charge is 0.435 e. The van der Waals surface area contributed by atoms with E-state index in [4.69, 9.17) is 18.0 Å². The molecule has 0 aliphatic carbocycles. The van der Waals surface area contributed by atoms with Crippen LogP contribution in [0.15, 0.2) is 54.6 Å². The van der Waals surface area contributed by atoms with Crippen molar-refractivity contribution in [3.8, 4) is 0 Å². The first-order valence-electron chi connectivity index (χ1n) is 10.9. The minimum Gasteiger partial charge on any atom is -0.435 e. The number of amides is 1. The van der Waals surface area contributed by atoms with E-state index in [1.54, 1.807) is 24.3 Å². The van der Waals surface area contributed by atoms with Crippen molar-refractivity contribution in [3.63, 3.8) is 0 Å². The van der Waals surface area contributed by atoms with Crippen LogP contribution in [0.5, 0.6) is 0 Å². The molecule has 7 heteroatoms. The van der Waals surface area contributed by atoms with Crippen molar-refractivity contribution >= 4 is 34.9 Å². The van der Waals surface area contributed by atoms with Gasteiger partial charge in [0.2, 0.25) is 0 Å². The Balaban J connectivity index is 1.66. The first-order chi connectivity index (χ1) is 15.3. The summed E-state index contributed by atoms with van der Waals surface area (Å²) in [7, 11) is 0. The van der Waals surface area contributed by atoms with Crippen LogP contribution in [0.3, 0.4) is 0 Å². The number of Topliss-reactive ketones (excluding diaryl/α,β-unsaturated/α-hetero) is 1. The number of benzene rings is 2. The highest BCUT2D eigenvalue weighted by molar-refractivity contribution is 7.80. The molecule has 0 saturated carbocycles. The second kappa shape index (κ2) is 10.3. The van der Waals surface area contributed by atoms with E-state index >= 15 is 0 Å². The molecule has 1 amide bonds. The van der Waals surface area contributed by atoms with Crippen LogP contribution in [0.4, 0.5) is 4.79 Å². The highest BCUT2D eigenvalue weighted by Gasteiger charge is 2.50. The Morgan fingerprint density at radius 2 is 1.75 bits per heavy atom. The number of hydrogen-bond donors (Lipinski definition) is 2. The maximum absolute atomic E-state index is 12.9. The zero-order valence-corrected chi connectivity index (χ0v) is 19.0. The number of carbonyl (C=O) groups excluding carboxylic acids is 2. The summed E-state index contributed by atoms with van der Waals surface area (Å²) in [5, 5.41) is 9.79. The highest BCUT2D eigenvalue weighted by atomic mass is 32.1. The molecule has 32 heavy (non-hydrogen) atoms. The van der Waals surface area contributed by atoms with Gasteiger partial charge in [0, 0.05) is 36.8 Å². The van der Waals surface area contributed by atoms with E-state index in [1.165, 1.54) is 0 Å². The number of nitrogens with two attached hydrogens (primary N) is 1. The molecular weight excluding hydrogens is 424 g/mol. The number of rotatable bonds is 8. The molecule has 3 N–H and O–H groups in total. The number of nitrogens with zero attached hydrogens (tertiary/aromatic N) is 1. The normalized spacial score (nSPS) is 21.1. The average Bonchev–Trinajstić information content (AvgIpc) is 3.20. The number of thiocarbonyl (C=S) groups is 1. The summed E-state index contributed by atoms with van der Waals surface area (Å²) in [6.45, 7) is 2.35. The number of hydrogen-bond acceptors (Lipinski definition) is 5. The largest absolute Gasteiger partial charge is 0.519 e. The fourth-order valence-corrected chi connectivity index (χ4v) is 4.92. The molecule has 1 fully saturated rings. The number of carbonyl (C=O) groups is 3. The molecule has 1 aliphatic rings. The average molecular weight is 454 g/mol. The summed E-state index contributed by atoms with van der Waals surface area (Å²) in [4.78, 5) is 38.0. The van der Waals surface area contributed by atoms with E-state index in [0.717, 1.165) is 12.8 Å². The number of ketones is 2. The fraction of sp³-hybridized carbons (Fsp3) is 0.360. The molecule has 168 valence electrons. The zero-order chi connectivity index (χ0) is 23.3. The van der Waals surface area contributed by atoms with Gasteiger partial charge in [-0.1, -0.05) is 54.6 Å². The summed E-state index contributed by atoms with van der Waals surface area (Å²) in [5.74, 6) is -0.303. The van der Waals surface area contributed by atoms with Gasteiger partial charge in [0.1, 0.15) is 11.8 Å². The second-order valence-electron chi connectivity index (χ2n) is 8.39. The molecule has 0 radical (unpaired) electrons. The molecule has 0 bridgehead atoms. The number of carboxylic acid groups (broad SMARTS) is 1. The number of quaternary nitrogens is 1. The summed E-state index contributed by atoms with van der Waals surface area (Å²) < 4.78 is -0.244. The van der Waals surface area contributed by atoms with Crippen LogP contribution in [-0.2, 0) is 11.2 Å². The van der Waals surface area contributed by atoms with Crippen molar-refractivity contribution < 1.29 is 24.0 Å². The third-order valence-electron chi connectivity index (χ3n) is 6.41. The summed E-state index contributed by atoms with van der Waals surface area (Å²) >= 11 is 5.48. The third kappa shape index (κ3) is 4.85. The Kier molecular flexibility index (Phi) is 7.66. The van der Waals surface area contributed by atoms with Crippen molar-refractivity contribution in [1.29, 1.82) is 0 Å². The fourth-order valence-electron chi connectivity index (χ4n) is 4.47. The Bertz CT molecular complexity index is 1020. The quantitative estimate of drug-likeness (QED) is 0.354. The maximum atomic E-state index is 12.9. The lowest BCUT2D eigenvalue weighted by Gasteiger charge is -2.32. The Morgan fingerprint density at radius 1 is 1.09 bits per heavy atom. The first kappa shape index (κ1) is 23.9. The van der Waals surface area contributed by atoms with Gasteiger partial charge in [0.25, 0.3) is 0 Å². The Hall–Kier alpha value is -2.74. The molecule has 3 atom stereocenters. The van der Waals surface area contributed by atoms with Crippen molar-refractivity contribution in [2.24, 2.45) is 5.73 Å². The van der Waals surface area contributed by atoms with Gasteiger partial charge in [-0.2, -0.15) is 9.28 Å². The minimum atomic E-state index is -0.954. The second-order valence-corrected chi connectivity index (χ2v) is 8.86. The predicted molar refractivity (Wildman–Crippen MR) is 127 cm³/mol. The van der Waals surface area contributed by atoms with Crippen molar-refractivity contribution in [1.82, 2.24) is 0 Å². The minimum absolute atomic E-state index is 0.0921. The van der Waals surface area contributed by atoms with Crippen LogP contribution in [-0.4, -0.2) is 50.9 Å².